The van der Waals surface area contributed by atoms with Crippen LogP contribution < -0.4 is 5.32 Å². The van der Waals surface area contributed by atoms with Gasteiger partial charge in [0, 0.05) is 11.3 Å². The number of hydrogen-bond donors (Lipinski definition) is 1. The standard InChI is InChI=1S/C17H20BrNO5/c1-11(2)14(20)19-13-7-5-12(6-8-13)15(21)23-9-10-24-16(22)17(3,4)18/h5-8H,1,9-10H2,2-4H3,(H,19,20). The maximum Gasteiger partial charge on any atom is 0.338 e. The van der Waals surface area contributed by atoms with Gasteiger partial charge in [-0.25, -0.2) is 4.79 Å². The molecule has 0 saturated heterocycles. The zero-order chi connectivity index (χ0) is 18.3. The summed E-state index contributed by atoms with van der Waals surface area (Å²) < 4.78 is 9.20. The molecular weight excluding hydrogens is 378 g/mol. The van der Waals surface area contributed by atoms with Gasteiger partial charge in [-0.15, -0.1) is 0 Å². The van der Waals surface area contributed by atoms with Gasteiger partial charge in [0.25, 0.3) is 5.91 Å². The van der Waals surface area contributed by atoms with Crippen LogP contribution in [0.1, 0.15) is 31.1 Å². The fourth-order valence-electron chi connectivity index (χ4n) is 1.45. The largest absolute Gasteiger partial charge is 0.461 e. The van der Waals surface area contributed by atoms with Crippen molar-refractivity contribution < 1.29 is 23.9 Å². The van der Waals surface area contributed by atoms with E-state index in [0.29, 0.717) is 16.8 Å². The van der Waals surface area contributed by atoms with E-state index < -0.39 is 16.3 Å². The van der Waals surface area contributed by atoms with Crippen LogP contribution in [0, 0.1) is 0 Å². The lowest BCUT2D eigenvalue weighted by atomic mass is 10.2. The first kappa shape index (κ1) is 19.9. The molecule has 6 nitrogen and oxygen atoms in total. The first-order chi connectivity index (χ1) is 11.1. The number of benzene rings is 1. The second-order valence-corrected chi connectivity index (χ2v) is 7.54. The van der Waals surface area contributed by atoms with Crippen molar-refractivity contribution in [3.05, 3.63) is 42.0 Å². The fourth-order valence-corrected chi connectivity index (χ4v) is 1.57. The molecule has 0 heterocycles. The number of carbonyl (C=O) groups excluding carboxylic acids is 3. The molecule has 0 aliphatic heterocycles. The van der Waals surface area contributed by atoms with E-state index in [1.165, 1.54) is 12.1 Å². The van der Waals surface area contributed by atoms with Gasteiger partial charge in [0.15, 0.2) is 0 Å². The number of rotatable bonds is 7. The fraction of sp³-hybridized carbons (Fsp3) is 0.353. The number of amides is 1. The molecule has 0 fully saturated rings. The predicted molar refractivity (Wildman–Crippen MR) is 94.1 cm³/mol. The Bertz CT molecular complexity index is 631. The van der Waals surface area contributed by atoms with Gasteiger partial charge in [0.1, 0.15) is 17.5 Å². The van der Waals surface area contributed by atoms with Crippen LogP contribution in [-0.4, -0.2) is 35.4 Å². The number of halogens is 1. The van der Waals surface area contributed by atoms with Crippen molar-refractivity contribution in [2.24, 2.45) is 0 Å². The number of carbonyl (C=O) groups is 3. The summed E-state index contributed by atoms with van der Waals surface area (Å²) in [6, 6.07) is 6.24. The van der Waals surface area contributed by atoms with Crippen LogP contribution in [0.3, 0.4) is 0 Å². The van der Waals surface area contributed by atoms with Crippen LogP contribution in [0.2, 0.25) is 0 Å². The van der Waals surface area contributed by atoms with E-state index in [0.717, 1.165) is 0 Å². The van der Waals surface area contributed by atoms with Crippen molar-refractivity contribution in [1.82, 2.24) is 0 Å². The molecule has 1 aromatic rings. The molecule has 0 bridgehead atoms. The van der Waals surface area contributed by atoms with Crippen molar-refractivity contribution in [3.8, 4) is 0 Å². The Morgan fingerprint density at radius 3 is 2.17 bits per heavy atom. The predicted octanol–water partition coefficient (Wildman–Crippen LogP) is 3.07. The summed E-state index contributed by atoms with van der Waals surface area (Å²) >= 11 is 3.18. The smallest absolute Gasteiger partial charge is 0.338 e. The average molecular weight is 398 g/mol. The normalized spacial score (nSPS) is 10.7. The molecule has 0 aliphatic carbocycles. The van der Waals surface area contributed by atoms with Gasteiger partial charge < -0.3 is 14.8 Å². The van der Waals surface area contributed by atoms with E-state index in [-0.39, 0.29) is 19.1 Å². The highest BCUT2D eigenvalue weighted by molar-refractivity contribution is 9.10. The van der Waals surface area contributed by atoms with Gasteiger partial charge in [-0.1, -0.05) is 22.5 Å². The summed E-state index contributed by atoms with van der Waals surface area (Å²) in [5.41, 5.74) is 1.27. The van der Waals surface area contributed by atoms with Crippen LogP contribution in [0.15, 0.2) is 36.4 Å². The van der Waals surface area contributed by atoms with E-state index in [1.54, 1.807) is 32.9 Å². The third-order valence-electron chi connectivity index (χ3n) is 2.80. The van der Waals surface area contributed by atoms with Gasteiger partial charge >= 0.3 is 11.9 Å². The number of hydrogen-bond acceptors (Lipinski definition) is 5. The summed E-state index contributed by atoms with van der Waals surface area (Å²) in [7, 11) is 0. The van der Waals surface area contributed by atoms with Crippen LogP contribution >= 0.6 is 15.9 Å². The molecule has 1 rings (SSSR count). The molecule has 130 valence electrons. The molecule has 0 saturated carbocycles. The summed E-state index contributed by atoms with van der Waals surface area (Å²) in [6.07, 6.45) is 0. The minimum atomic E-state index is -0.777. The summed E-state index contributed by atoms with van der Waals surface area (Å²) in [6.45, 7) is 8.41. The molecule has 1 aromatic carbocycles. The number of anilines is 1. The molecule has 7 heteroatoms. The molecule has 0 atom stereocenters. The van der Waals surface area contributed by atoms with E-state index in [9.17, 15) is 14.4 Å². The minimum absolute atomic E-state index is 0.0215. The quantitative estimate of drug-likeness (QED) is 0.331. The first-order valence-electron chi connectivity index (χ1n) is 7.21. The van der Waals surface area contributed by atoms with Gasteiger partial charge in [-0.3, -0.25) is 9.59 Å². The zero-order valence-corrected chi connectivity index (χ0v) is 15.4. The second kappa shape index (κ2) is 8.63. The van der Waals surface area contributed by atoms with E-state index in [1.807, 2.05) is 0 Å². The molecule has 1 N–H and O–H groups in total. The number of alkyl halides is 1. The Kier molecular flexibility index (Phi) is 7.16. The Morgan fingerprint density at radius 2 is 1.67 bits per heavy atom. The van der Waals surface area contributed by atoms with Crippen molar-refractivity contribution in [2.45, 2.75) is 25.1 Å². The van der Waals surface area contributed by atoms with Gasteiger partial charge in [0.2, 0.25) is 0 Å². The highest BCUT2D eigenvalue weighted by atomic mass is 79.9. The van der Waals surface area contributed by atoms with Crippen LogP contribution in [0.4, 0.5) is 5.69 Å². The van der Waals surface area contributed by atoms with Crippen LogP contribution in [-0.2, 0) is 19.1 Å². The maximum atomic E-state index is 11.9. The lowest BCUT2D eigenvalue weighted by molar-refractivity contribution is -0.146. The molecule has 24 heavy (non-hydrogen) atoms. The molecule has 0 radical (unpaired) electrons. The summed E-state index contributed by atoms with van der Waals surface area (Å²) in [5, 5.41) is 2.63. The molecular formula is C17H20BrNO5. The molecule has 0 unspecified atom stereocenters. The van der Waals surface area contributed by atoms with Crippen molar-refractivity contribution in [1.29, 1.82) is 0 Å². The summed E-state index contributed by atoms with van der Waals surface area (Å²) in [4.78, 5) is 34.8. The van der Waals surface area contributed by atoms with Gasteiger partial charge in [-0.05, 0) is 45.0 Å². The Morgan fingerprint density at radius 1 is 1.12 bits per heavy atom. The maximum absolute atomic E-state index is 11.9. The van der Waals surface area contributed by atoms with Crippen LogP contribution in [0.5, 0.6) is 0 Å². The first-order valence-corrected chi connectivity index (χ1v) is 8.00. The van der Waals surface area contributed by atoms with E-state index in [2.05, 4.69) is 27.8 Å². The average Bonchev–Trinajstić information content (AvgIpc) is 2.50. The Labute approximate surface area is 149 Å². The second-order valence-electron chi connectivity index (χ2n) is 5.56. The zero-order valence-electron chi connectivity index (χ0n) is 13.8. The number of nitrogens with one attached hydrogen (secondary N) is 1. The Hall–Kier alpha value is -2.15. The SMILES string of the molecule is C=C(C)C(=O)Nc1ccc(C(=O)OCCOC(=O)C(C)(C)Br)cc1. The third kappa shape index (κ3) is 6.54. The number of esters is 2. The molecule has 0 aromatic heterocycles. The van der Waals surface area contributed by atoms with Crippen molar-refractivity contribution in [3.63, 3.8) is 0 Å². The minimum Gasteiger partial charge on any atom is -0.461 e. The number of ether oxygens (including phenoxy) is 2. The topological polar surface area (TPSA) is 81.7 Å². The third-order valence-corrected chi connectivity index (χ3v) is 3.12. The lowest BCUT2D eigenvalue weighted by Crippen LogP contribution is -2.28. The van der Waals surface area contributed by atoms with Crippen molar-refractivity contribution in [2.75, 3.05) is 18.5 Å². The molecule has 0 spiro atoms. The van der Waals surface area contributed by atoms with Gasteiger partial charge in [0.05, 0.1) is 5.56 Å². The lowest BCUT2D eigenvalue weighted by Gasteiger charge is -2.14. The van der Waals surface area contributed by atoms with Gasteiger partial charge in [-0.2, -0.15) is 0 Å². The molecule has 1 amide bonds. The van der Waals surface area contributed by atoms with E-state index in [4.69, 9.17) is 9.47 Å². The summed E-state index contributed by atoms with van der Waals surface area (Å²) in [5.74, 6) is -1.26. The highest BCUT2D eigenvalue weighted by Crippen LogP contribution is 2.17. The van der Waals surface area contributed by atoms with E-state index >= 15 is 0 Å². The molecule has 0 aliphatic rings. The highest BCUT2D eigenvalue weighted by Gasteiger charge is 2.25. The van der Waals surface area contributed by atoms with Crippen molar-refractivity contribution >= 4 is 39.5 Å². The Balaban J connectivity index is 2.44. The van der Waals surface area contributed by atoms with Crippen LogP contribution in [0.25, 0.3) is 0 Å². The monoisotopic (exact) mass is 397 g/mol.